The highest BCUT2D eigenvalue weighted by Crippen LogP contribution is 2.37. The van der Waals surface area contributed by atoms with Gasteiger partial charge in [-0.05, 0) is 70.8 Å². The van der Waals surface area contributed by atoms with Crippen molar-refractivity contribution in [1.29, 1.82) is 0 Å². The molecule has 0 aliphatic carbocycles. The van der Waals surface area contributed by atoms with Crippen molar-refractivity contribution in [2.45, 2.75) is 52.0 Å². The number of carbonyl (C=O) groups excluding carboxylic acids is 2. The van der Waals surface area contributed by atoms with E-state index in [9.17, 15) is 9.59 Å². The zero-order valence-corrected chi connectivity index (χ0v) is 20.3. The molecule has 3 aliphatic rings. The quantitative estimate of drug-likeness (QED) is 0.658. The Hall–Kier alpha value is -2.61. The number of nitrogens with zero attached hydrogens (tertiary/aromatic N) is 4. The molecule has 3 aliphatic heterocycles. The number of carbonyl (C=O) groups is 2. The zero-order chi connectivity index (χ0) is 23.6. The van der Waals surface area contributed by atoms with Crippen LogP contribution in [0.15, 0.2) is 23.3 Å². The topological polar surface area (TPSA) is 74.7 Å². The van der Waals surface area contributed by atoms with E-state index in [0.29, 0.717) is 31.1 Å². The highest BCUT2D eigenvalue weighted by atomic mass is 16.5. The predicted octanol–water partition coefficient (Wildman–Crippen LogP) is 2.75. The first-order valence-electron chi connectivity index (χ1n) is 12.0. The average molecular weight is 457 g/mol. The maximum Gasteiger partial charge on any atom is 0.254 e. The third kappa shape index (κ3) is 4.71. The molecule has 0 bridgehead atoms. The summed E-state index contributed by atoms with van der Waals surface area (Å²) in [5.74, 6) is 1.46. The van der Waals surface area contributed by atoms with Gasteiger partial charge < -0.3 is 14.4 Å². The maximum absolute atomic E-state index is 13.3. The van der Waals surface area contributed by atoms with Crippen molar-refractivity contribution in [2.75, 3.05) is 46.9 Å². The van der Waals surface area contributed by atoms with Crippen LogP contribution in [-0.4, -0.2) is 85.3 Å². The molecule has 0 spiro atoms. The summed E-state index contributed by atoms with van der Waals surface area (Å²) in [5, 5.41) is 6.47. The van der Waals surface area contributed by atoms with E-state index in [1.165, 1.54) is 19.3 Å². The number of hydrogen-bond donors (Lipinski definition) is 0. The van der Waals surface area contributed by atoms with Crippen molar-refractivity contribution < 1.29 is 19.1 Å². The number of piperidine rings is 2. The Kier molecular flexibility index (Phi) is 6.93. The van der Waals surface area contributed by atoms with E-state index in [-0.39, 0.29) is 17.9 Å². The van der Waals surface area contributed by atoms with E-state index in [1.807, 2.05) is 36.9 Å². The lowest BCUT2D eigenvalue weighted by molar-refractivity contribution is -0.139. The molecule has 0 radical (unpaired) electrons. The van der Waals surface area contributed by atoms with Gasteiger partial charge in [-0.15, -0.1) is 0 Å². The fraction of sp³-hybridized carbons (Fsp3) is 0.640. The first-order valence-corrected chi connectivity index (χ1v) is 12.0. The standard InChI is InChI=1S/C25H36N4O4/c1-25(2)23(18-8-9-20(32-3)21(16-18)33-4)26-29(24(25)31)19-10-14-28(15-11-19)22(30)17-27-12-6-5-7-13-27/h8-9,16,19H,5-7,10-15,17H2,1-4H3. The Morgan fingerprint density at radius 1 is 1.03 bits per heavy atom. The number of amides is 2. The number of hydrazone groups is 1. The molecular weight excluding hydrogens is 420 g/mol. The summed E-state index contributed by atoms with van der Waals surface area (Å²) in [4.78, 5) is 30.3. The van der Waals surface area contributed by atoms with Crippen LogP contribution in [0.5, 0.6) is 11.5 Å². The van der Waals surface area contributed by atoms with Crippen molar-refractivity contribution in [3.05, 3.63) is 23.8 Å². The van der Waals surface area contributed by atoms with Gasteiger partial charge in [-0.3, -0.25) is 14.5 Å². The molecule has 180 valence electrons. The third-order valence-corrected chi connectivity index (χ3v) is 7.17. The van der Waals surface area contributed by atoms with E-state index in [4.69, 9.17) is 14.6 Å². The maximum atomic E-state index is 13.3. The predicted molar refractivity (Wildman–Crippen MR) is 127 cm³/mol. The van der Waals surface area contributed by atoms with Crippen LogP contribution in [0, 0.1) is 5.41 Å². The molecule has 0 saturated carbocycles. The van der Waals surface area contributed by atoms with E-state index >= 15 is 0 Å². The summed E-state index contributed by atoms with van der Waals surface area (Å²) in [7, 11) is 3.20. The summed E-state index contributed by atoms with van der Waals surface area (Å²) < 4.78 is 10.8. The fourth-order valence-corrected chi connectivity index (χ4v) is 5.08. The van der Waals surface area contributed by atoms with Crippen LogP contribution in [0.4, 0.5) is 0 Å². The summed E-state index contributed by atoms with van der Waals surface area (Å²) in [6.07, 6.45) is 5.12. The number of methoxy groups -OCH3 is 2. The van der Waals surface area contributed by atoms with Gasteiger partial charge >= 0.3 is 0 Å². The number of rotatable bonds is 6. The van der Waals surface area contributed by atoms with Crippen LogP contribution < -0.4 is 9.47 Å². The normalized spacial score (nSPS) is 21.8. The van der Waals surface area contributed by atoms with Gasteiger partial charge in [0.1, 0.15) is 0 Å². The van der Waals surface area contributed by atoms with Gasteiger partial charge in [0.15, 0.2) is 11.5 Å². The van der Waals surface area contributed by atoms with Crippen LogP contribution in [0.3, 0.4) is 0 Å². The van der Waals surface area contributed by atoms with Crippen molar-refractivity contribution in [3.63, 3.8) is 0 Å². The van der Waals surface area contributed by atoms with Gasteiger partial charge in [-0.25, -0.2) is 5.01 Å². The lowest BCUT2D eigenvalue weighted by Gasteiger charge is -2.36. The molecule has 8 nitrogen and oxygen atoms in total. The first-order chi connectivity index (χ1) is 15.8. The van der Waals surface area contributed by atoms with Crippen molar-refractivity contribution >= 4 is 17.5 Å². The minimum atomic E-state index is -0.735. The molecule has 0 aromatic heterocycles. The molecule has 2 amide bonds. The van der Waals surface area contributed by atoms with Crippen molar-refractivity contribution in [3.8, 4) is 11.5 Å². The lowest BCUT2D eigenvalue weighted by atomic mass is 9.83. The Morgan fingerprint density at radius 2 is 1.70 bits per heavy atom. The van der Waals surface area contributed by atoms with E-state index < -0.39 is 5.41 Å². The molecule has 8 heteroatoms. The molecule has 0 N–H and O–H groups in total. The Bertz CT molecular complexity index is 915. The summed E-state index contributed by atoms with van der Waals surface area (Å²) in [6, 6.07) is 5.64. The zero-order valence-electron chi connectivity index (χ0n) is 20.3. The van der Waals surface area contributed by atoms with Gasteiger partial charge in [-0.1, -0.05) is 6.42 Å². The smallest absolute Gasteiger partial charge is 0.254 e. The summed E-state index contributed by atoms with van der Waals surface area (Å²) in [6.45, 7) is 7.73. The number of likely N-dealkylation sites (tertiary alicyclic amines) is 2. The number of benzene rings is 1. The largest absolute Gasteiger partial charge is 0.493 e. The van der Waals surface area contributed by atoms with Gasteiger partial charge in [0, 0.05) is 18.7 Å². The number of ether oxygens (including phenoxy) is 2. The molecule has 2 saturated heterocycles. The molecule has 2 fully saturated rings. The minimum Gasteiger partial charge on any atom is -0.493 e. The van der Waals surface area contributed by atoms with Crippen LogP contribution in [0.25, 0.3) is 0 Å². The molecular formula is C25H36N4O4. The SMILES string of the molecule is COc1ccc(C2=NN(C3CCN(C(=O)CN4CCCCC4)CC3)C(=O)C2(C)C)cc1OC. The molecule has 33 heavy (non-hydrogen) atoms. The van der Waals surface area contributed by atoms with E-state index in [1.54, 1.807) is 19.2 Å². The van der Waals surface area contributed by atoms with Gasteiger partial charge in [0.25, 0.3) is 5.91 Å². The second-order valence-corrected chi connectivity index (χ2v) is 9.74. The van der Waals surface area contributed by atoms with Gasteiger partial charge in [0.2, 0.25) is 5.91 Å². The van der Waals surface area contributed by atoms with Gasteiger partial charge in [-0.2, -0.15) is 5.10 Å². The molecule has 1 aromatic carbocycles. The highest BCUT2D eigenvalue weighted by molar-refractivity contribution is 6.19. The third-order valence-electron chi connectivity index (χ3n) is 7.17. The monoisotopic (exact) mass is 456 g/mol. The average Bonchev–Trinajstić information content (AvgIpc) is 3.08. The second-order valence-electron chi connectivity index (χ2n) is 9.74. The van der Waals surface area contributed by atoms with Crippen LogP contribution in [-0.2, 0) is 9.59 Å². The highest BCUT2D eigenvalue weighted by Gasteiger charge is 2.47. The minimum absolute atomic E-state index is 0.00498. The van der Waals surface area contributed by atoms with Crippen molar-refractivity contribution in [2.24, 2.45) is 10.5 Å². The Morgan fingerprint density at radius 3 is 2.33 bits per heavy atom. The summed E-state index contributed by atoms with van der Waals surface area (Å²) >= 11 is 0. The Labute approximate surface area is 196 Å². The molecule has 3 heterocycles. The van der Waals surface area contributed by atoms with E-state index in [2.05, 4.69) is 4.90 Å². The van der Waals surface area contributed by atoms with Crippen LogP contribution in [0.2, 0.25) is 0 Å². The van der Waals surface area contributed by atoms with Gasteiger partial charge in [0.05, 0.1) is 37.9 Å². The molecule has 1 aromatic rings. The summed E-state index contributed by atoms with van der Waals surface area (Å²) in [5.41, 5.74) is 0.848. The van der Waals surface area contributed by atoms with Crippen LogP contribution in [0.1, 0.15) is 51.5 Å². The molecule has 4 rings (SSSR count). The van der Waals surface area contributed by atoms with E-state index in [0.717, 1.165) is 37.2 Å². The fourth-order valence-electron chi connectivity index (χ4n) is 5.08. The lowest BCUT2D eigenvalue weighted by Crippen LogP contribution is -2.50. The molecule has 0 unspecified atom stereocenters. The Balaban J connectivity index is 1.43. The molecule has 0 atom stereocenters. The van der Waals surface area contributed by atoms with Crippen molar-refractivity contribution in [1.82, 2.24) is 14.8 Å². The first kappa shape index (κ1) is 23.5. The van der Waals surface area contributed by atoms with Crippen LogP contribution >= 0.6 is 0 Å². The number of hydrogen-bond acceptors (Lipinski definition) is 6. The second kappa shape index (κ2) is 9.71.